The van der Waals surface area contributed by atoms with Gasteiger partial charge in [0.05, 0.1) is 17.5 Å². The molecule has 0 aliphatic carbocycles. The highest BCUT2D eigenvalue weighted by Gasteiger charge is 2.54. The number of carbonyl (C=O) groups excluding carboxylic acids is 3. The first kappa shape index (κ1) is 23.6. The molecule has 32 heavy (non-hydrogen) atoms. The zero-order valence-corrected chi connectivity index (χ0v) is 19.2. The van der Waals surface area contributed by atoms with Crippen molar-refractivity contribution in [3.8, 4) is 6.07 Å². The Morgan fingerprint density at radius 2 is 1.88 bits per heavy atom. The fourth-order valence-electron chi connectivity index (χ4n) is 4.42. The number of hydrogen-bond donors (Lipinski definition) is 0. The zero-order chi connectivity index (χ0) is 23.5. The van der Waals surface area contributed by atoms with Gasteiger partial charge in [0.15, 0.2) is 5.78 Å². The highest BCUT2D eigenvalue weighted by Crippen LogP contribution is 2.40. The maximum Gasteiger partial charge on any atom is 0.410 e. The summed E-state index contributed by atoms with van der Waals surface area (Å²) in [6.45, 7) is 7.85. The van der Waals surface area contributed by atoms with E-state index in [-0.39, 0.29) is 25.5 Å². The summed E-state index contributed by atoms with van der Waals surface area (Å²) in [5.41, 5.74) is -0.815. The first-order chi connectivity index (χ1) is 15.1. The van der Waals surface area contributed by atoms with Crippen molar-refractivity contribution in [2.45, 2.75) is 58.8 Å². The maximum absolute atomic E-state index is 13.4. The van der Waals surface area contributed by atoms with Crippen LogP contribution in [-0.2, 0) is 20.9 Å². The molecule has 8 nitrogen and oxygen atoms in total. The van der Waals surface area contributed by atoms with Gasteiger partial charge in [0.2, 0.25) is 0 Å². The van der Waals surface area contributed by atoms with Gasteiger partial charge in [0, 0.05) is 19.6 Å². The zero-order valence-electron chi connectivity index (χ0n) is 19.2. The van der Waals surface area contributed by atoms with Gasteiger partial charge in [-0.2, -0.15) is 5.26 Å². The lowest BCUT2D eigenvalue weighted by atomic mass is 9.67. The second kappa shape index (κ2) is 9.19. The summed E-state index contributed by atoms with van der Waals surface area (Å²) in [4.78, 5) is 42.0. The summed E-state index contributed by atoms with van der Waals surface area (Å²) >= 11 is 0. The molecule has 2 saturated heterocycles. The highest BCUT2D eigenvalue weighted by molar-refractivity contribution is 5.93. The van der Waals surface area contributed by atoms with E-state index < -0.39 is 35.2 Å². The molecular weight excluding hydrogens is 410 g/mol. The van der Waals surface area contributed by atoms with E-state index in [1.807, 2.05) is 30.3 Å². The minimum atomic E-state index is -1.01. The van der Waals surface area contributed by atoms with Crippen molar-refractivity contribution in [2.75, 3.05) is 19.6 Å². The topological polar surface area (TPSA) is 99.9 Å². The molecule has 0 saturated carbocycles. The predicted octanol–water partition coefficient (Wildman–Crippen LogP) is 3.75. The molecule has 2 amide bonds. The molecule has 2 aliphatic heterocycles. The number of Topliss-reactive ketones (excluding diaryl/α,β-unsaturated/α-hetero) is 1. The largest absolute Gasteiger partial charge is 0.445 e. The van der Waals surface area contributed by atoms with Crippen LogP contribution in [0.2, 0.25) is 0 Å². The van der Waals surface area contributed by atoms with Crippen LogP contribution in [0.3, 0.4) is 0 Å². The first-order valence-corrected chi connectivity index (χ1v) is 11.0. The number of rotatable bonds is 2. The van der Waals surface area contributed by atoms with E-state index in [2.05, 4.69) is 6.07 Å². The molecule has 0 radical (unpaired) electrons. The highest BCUT2D eigenvalue weighted by atomic mass is 16.6. The third kappa shape index (κ3) is 5.04. The maximum atomic E-state index is 13.4. The number of benzene rings is 1. The molecular formula is C24H31N3O5. The van der Waals surface area contributed by atoms with Gasteiger partial charge in [0.1, 0.15) is 18.1 Å². The van der Waals surface area contributed by atoms with Gasteiger partial charge in [-0.05, 0) is 46.1 Å². The second-order valence-electron chi connectivity index (χ2n) is 9.67. The molecule has 3 rings (SSSR count). The minimum absolute atomic E-state index is 0.102. The van der Waals surface area contributed by atoms with Gasteiger partial charge in [-0.25, -0.2) is 9.59 Å². The number of nitriles is 1. The first-order valence-electron chi connectivity index (χ1n) is 11.0. The normalized spacial score (nSPS) is 25.9. The summed E-state index contributed by atoms with van der Waals surface area (Å²) in [7, 11) is 0. The van der Waals surface area contributed by atoms with Crippen LogP contribution >= 0.6 is 0 Å². The van der Waals surface area contributed by atoms with Crippen molar-refractivity contribution in [1.82, 2.24) is 9.80 Å². The van der Waals surface area contributed by atoms with Gasteiger partial charge >= 0.3 is 12.2 Å². The summed E-state index contributed by atoms with van der Waals surface area (Å²) in [6.07, 6.45) is 0.0284. The van der Waals surface area contributed by atoms with Crippen molar-refractivity contribution in [3.05, 3.63) is 35.9 Å². The van der Waals surface area contributed by atoms with E-state index in [0.717, 1.165) is 5.56 Å². The molecule has 1 aromatic carbocycles. The number of piperidine rings is 2. The number of ether oxygens (including phenoxy) is 2. The fraction of sp³-hybridized carbons (Fsp3) is 0.583. The van der Waals surface area contributed by atoms with Crippen LogP contribution in [0.25, 0.3) is 0 Å². The molecule has 1 spiro atoms. The lowest BCUT2D eigenvalue weighted by Gasteiger charge is -2.50. The van der Waals surface area contributed by atoms with Crippen LogP contribution in [0.4, 0.5) is 9.59 Å². The molecule has 1 aromatic rings. The van der Waals surface area contributed by atoms with Crippen LogP contribution in [0.1, 0.15) is 46.1 Å². The fourth-order valence-corrected chi connectivity index (χ4v) is 4.42. The van der Waals surface area contributed by atoms with Crippen LogP contribution in [0.5, 0.6) is 0 Å². The number of nitrogens with zero attached hydrogens (tertiary/aromatic N) is 3. The lowest BCUT2D eigenvalue weighted by molar-refractivity contribution is -0.143. The molecule has 2 heterocycles. The molecule has 0 N–H and O–H groups in total. The number of amides is 2. The molecule has 172 valence electrons. The standard InChI is InChI=1S/C24H31N3O5/c1-17-19(13-25)20(28)24(11-8-12-26(15-24)21(29)32-23(2,3)4)16-27(17)22(30)31-14-18-9-6-5-7-10-18/h5-7,9-10,17,19H,8,11-12,14-16H2,1-4H3/t17-,19?,24?/m0/s1. The van der Waals surface area contributed by atoms with E-state index in [4.69, 9.17) is 9.47 Å². The second-order valence-corrected chi connectivity index (χ2v) is 9.67. The quantitative estimate of drug-likeness (QED) is 0.693. The Bertz CT molecular complexity index is 904. The van der Waals surface area contributed by atoms with E-state index in [1.54, 1.807) is 27.7 Å². The number of likely N-dealkylation sites (tertiary alicyclic amines) is 2. The average Bonchev–Trinajstić information content (AvgIpc) is 2.75. The molecule has 2 aliphatic rings. The van der Waals surface area contributed by atoms with Crippen molar-refractivity contribution < 1.29 is 23.9 Å². The van der Waals surface area contributed by atoms with Crippen molar-refractivity contribution >= 4 is 18.0 Å². The van der Waals surface area contributed by atoms with Gasteiger partial charge in [-0.1, -0.05) is 30.3 Å². The van der Waals surface area contributed by atoms with E-state index in [9.17, 15) is 19.6 Å². The Hall–Kier alpha value is -3.08. The summed E-state index contributed by atoms with van der Waals surface area (Å²) < 4.78 is 11.0. The van der Waals surface area contributed by atoms with Crippen LogP contribution in [-0.4, -0.2) is 59.0 Å². The Morgan fingerprint density at radius 3 is 2.50 bits per heavy atom. The Labute approximate surface area is 189 Å². The van der Waals surface area contributed by atoms with Crippen LogP contribution in [0, 0.1) is 22.7 Å². The Balaban J connectivity index is 1.79. The molecule has 0 aromatic heterocycles. The third-order valence-corrected chi connectivity index (χ3v) is 6.06. The minimum Gasteiger partial charge on any atom is -0.445 e. The monoisotopic (exact) mass is 441 g/mol. The van der Waals surface area contributed by atoms with E-state index in [0.29, 0.717) is 19.4 Å². The Morgan fingerprint density at radius 1 is 1.19 bits per heavy atom. The van der Waals surface area contributed by atoms with Crippen molar-refractivity contribution in [2.24, 2.45) is 11.3 Å². The van der Waals surface area contributed by atoms with Gasteiger partial charge in [-0.3, -0.25) is 4.79 Å². The Kier molecular flexibility index (Phi) is 6.77. The van der Waals surface area contributed by atoms with Crippen LogP contribution in [0.15, 0.2) is 30.3 Å². The van der Waals surface area contributed by atoms with Crippen molar-refractivity contribution in [3.63, 3.8) is 0 Å². The summed E-state index contributed by atoms with van der Waals surface area (Å²) in [5, 5.41) is 9.73. The molecule has 2 unspecified atom stereocenters. The van der Waals surface area contributed by atoms with Gasteiger partial charge in [-0.15, -0.1) is 0 Å². The smallest absolute Gasteiger partial charge is 0.410 e. The van der Waals surface area contributed by atoms with Gasteiger partial charge < -0.3 is 19.3 Å². The van der Waals surface area contributed by atoms with Crippen molar-refractivity contribution in [1.29, 1.82) is 5.26 Å². The average molecular weight is 442 g/mol. The summed E-state index contributed by atoms with van der Waals surface area (Å²) in [6, 6.07) is 10.8. The SMILES string of the molecule is C[C@H]1C(C#N)C(=O)C2(CCCN(C(=O)OC(C)(C)C)C2)CN1C(=O)OCc1ccccc1. The molecule has 0 bridgehead atoms. The lowest BCUT2D eigenvalue weighted by Crippen LogP contribution is -2.64. The molecule has 2 fully saturated rings. The molecule has 3 atom stereocenters. The number of carbonyl (C=O) groups is 3. The predicted molar refractivity (Wildman–Crippen MR) is 116 cm³/mol. The third-order valence-electron chi connectivity index (χ3n) is 6.06. The van der Waals surface area contributed by atoms with Gasteiger partial charge in [0.25, 0.3) is 0 Å². The number of ketones is 1. The van der Waals surface area contributed by atoms with E-state index in [1.165, 1.54) is 9.80 Å². The summed E-state index contributed by atoms with van der Waals surface area (Å²) in [5.74, 6) is -1.19. The molecule has 8 heteroatoms. The van der Waals surface area contributed by atoms with Crippen LogP contribution < -0.4 is 0 Å². The van der Waals surface area contributed by atoms with E-state index >= 15 is 0 Å². The number of hydrogen-bond acceptors (Lipinski definition) is 6.